The Kier molecular flexibility index (Phi) is 1.43. The van der Waals surface area contributed by atoms with Crippen molar-refractivity contribution in [2.45, 2.75) is 6.54 Å². The lowest BCUT2D eigenvalue weighted by molar-refractivity contribution is 0.0981. The van der Waals surface area contributed by atoms with Crippen molar-refractivity contribution in [3.05, 3.63) is 29.6 Å². The smallest absolute Gasteiger partial charge is 0.178 e. The molecule has 0 atom stereocenters. The normalized spacial score (nSPS) is 16.2. The van der Waals surface area contributed by atoms with Gasteiger partial charge in [0, 0.05) is 18.3 Å². The van der Waals surface area contributed by atoms with Crippen molar-refractivity contribution in [3.63, 3.8) is 0 Å². The fourth-order valence-corrected chi connectivity index (χ4v) is 1.22. The van der Waals surface area contributed by atoms with E-state index in [2.05, 4.69) is 10.3 Å². The minimum Gasteiger partial charge on any atom is -0.304 e. The molecule has 0 spiro atoms. The fraction of sp³-hybridized carbons (Fsp3) is 0.250. The first-order valence-electron chi connectivity index (χ1n) is 3.56. The number of hydrogen-bond acceptors (Lipinski definition) is 3. The second-order valence-corrected chi connectivity index (χ2v) is 2.52. The molecule has 2 rings (SSSR count). The number of nitrogens with one attached hydrogen (secondary N) is 1. The molecule has 0 fully saturated rings. The largest absolute Gasteiger partial charge is 0.304 e. The lowest BCUT2D eigenvalue weighted by Crippen LogP contribution is -2.30. The SMILES string of the molecule is O=C1CNCc2ncccc21. The lowest BCUT2D eigenvalue weighted by Gasteiger charge is -2.13. The van der Waals surface area contributed by atoms with Crippen molar-refractivity contribution in [2.75, 3.05) is 6.54 Å². The fourth-order valence-electron chi connectivity index (χ4n) is 1.22. The summed E-state index contributed by atoms with van der Waals surface area (Å²) < 4.78 is 0. The van der Waals surface area contributed by atoms with E-state index in [1.54, 1.807) is 12.3 Å². The summed E-state index contributed by atoms with van der Waals surface area (Å²) in [5.41, 5.74) is 1.63. The molecule has 3 heteroatoms. The molecule has 1 aliphatic rings. The topological polar surface area (TPSA) is 42.0 Å². The molecular weight excluding hydrogens is 140 g/mol. The van der Waals surface area contributed by atoms with Crippen LogP contribution in [0.5, 0.6) is 0 Å². The molecule has 0 radical (unpaired) electrons. The number of aromatic nitrogens is 1. The Morgan fingerprint density at radius 3 is 3.18 bits per heavy atom. The molecular formula is C8H8N2O. The van der Waals surface area contributed by atoms with Gasteiger partial charge in [0.05, 0.1) is 12.2 Å². The van der Waals surface area contributed by atoms with Gasteiger partial charge in [-0.15, -0.1) is 0 Å². The van der Waals surface area contributed by atoms with Crippen molar-refractivity contribution < 1.29 is 4.79 Å². The van der Waals surface area contributed by atoms with Gasteiger partial charge in [0.25, 0.3) is 0 Å². The van der Waals surface area contributed by atoms with Gasteiger partial charge in [0.1, 0.15) is 0 Å². The predicted molar refractivity (Wildman–Crippen MR) is 40.3 cm³/mol. The van der Waals surface area contributed by atoms with E-state index in [9.17, 15) is 4.79 Å². The Morgan fingerprint density at radius 1 is 1.45 bits per heavy atom. The van der Waals surface area contributed by atoms with E-state index < -0.39 is 0 Å². The van der Waals surface area contributed by atoms with Gasteiger partial charge in [-0.2, -0.15) is 0 Å². The van der Waals surface area contributed by atoms with E-state index >= 15 is 0 Å². The molecule has 0 saturated heterocycles. The van der Waals surface area contributed by atoms with Gasteiger partial charge >= 0.3 is 0 Å². The summed E-state index contributed by atoms with van der Waals surface area (Å²) in [5.74, 6) is 0.138. The van der Waals surface area contributed by atoms with Crippen LogP contribution in [0.15, 0.2) is 18.3 Å². The number of carbonyl (C=O) groups is 1. The van der Waals surface area contributed by atoms with Crippen LogP contribution in [-0.4, -0.2) is 17.3 Å². The Labute approximate surface area is 64.5 Å². The van der Waals surface area contributed by atoms with Crippen LogP contribution < -0.4 is 5.32 Å². The highest BCUT2D eigenvalue weighted by Crippen LogP contribution is 2.09. The molecule has 1 N–H and O–H groups in total. The molecule has 1 aromatic rings. The van der Waals surface area contributed by atoms with Crippen LogP contribution in [0, 0.1) is 0 Å². The monoisotopic (exact) mass is 148 g/mol. The third-order valence-corrected chi connectivity index (χ3v) is 1.77. The number of rotatable bonds is 0. The first-order valence-corrected chi connectivity index (χ1v) is 3.56. The summed E-state index contributed by atoms with van der Waals surface area (Å²) in [4.78, 5) is 15.3. The van der Waals surface area contributed by atoms with E-state index in [-0.39, 0.29) is 5.78 Å². The van der Waals surface area contributed by atoms with Gasteiger partial charge in [-0.1, -0.05) is 0 Å². The van der Waals surface area contributed by atoms with Crippen LogP contribution in [0.2, 0.25) is 0 Å². The zero-order valence-electron chi connectivity index (χ0n) is 6.00. The number of hydrogen-bond donors (Lipinski definition) is 1. The first-order chi connectivity index (χ1) is 5.38. The third kappa shape index (κ3) is 1.03. The van der Waals surface area contributed by atoms with Crippen molar-refractivity contribution >= 4 is 5.78 Å². The van der Waals surface area contributed by atoms with Crippen LogP contribution in [-0.2, 0) is 6.54 Å². The molecule has 1 aliphatic heterocycles. The minimum absolute atomic E-state index is 0.138. The van der Waals surface area contributed by atoms with Crippen molar-refractivity contribution in [1.82, 2.24) is 10.3 Å². The molecule has 3 nitrogen and oxygen atoms in total. The molecule has 0 bridgehead atoms. The predicted octanol–water partition coefficient (Wildman–Crippen LogP) is 0.367. The van der Waals surface area contributed by atoms with Crippen LogP contribution >= 0.6 is 0 Å². The first kappa shape index (κ1) is 6.49. The van der Waals surface area contributed by atoms with Crippen LogP contribution in [0.25, 0.3) is 0 Å². The average Bonchev–Trinajstić information content (AvgIpc) is 2.06. The highest BCUT2D eigenvalue weighted by molar-refractivity contribution is 5.99. The number of Topliss-reactive ketones (excluding diaryl/α,β-unsaturated/α-hetero) is 1. The van der Waals surface area contributed by atoms with Crippen molar-refractivity contribution in [2.24, 2.45) is 0 Å². The average molecular weight is 148 g/mol. The summed E-state index contributed by atoms with van der Waals surface area (Å²) in [6.07, 6.45) is 1.71. The zero-order valence-corrected chi connectivity index (χ0v) is 6.00. The van der Waals surface area contributed by atoms with Crippen LogP contribution in [0.4, 0.5) is 0 Å². The molecule has 2 heterocycles. The van der Waals surface area contributed by atoms with E-state index in [4.69, 9.17) is 0 Å². The second kappa shape index (κ2) is 2.43. The van der Waals surface area contributed by atoms with E-state index in [1.807, 2.05) is 6.07 Å². The minimum atomic E-state index is 0.138. The summed E-state index contributed by atoms with van der Waals surface area (Å²) in [7, 11) is 0. The maximum absolute atomic E-state index is 11.2. The highest BCUT2D eigenvalue weighted by Gasteiger charge is 2.15. The number of fused-ring (bicyclic) bond motifs is 1. The second-order valence-electron chi connectivity index (χ2n) is 2.52. The summed E-state index contributed by atoms with van der Waals surface area (Å²) >= 11 is 0. The molecule has 1 aromatic heterocycles. The van der Waals surface area contributed by atoms with Crippen LogP contribution in [0.3, 0.4) is 0 Å². The summed E-state index contributed by atoms with van der Waals surface area (Å²) in [6, 6.07) is 3.62. The standard InChI is InChI=1S/C8H8N2O/c11-8-5-9-4-7-6(8)2-1-3-10-7/h1-3,9H,4-5H2. The molecule has 0 saturated carbocycles. The summed E-state index contributed by atoms with van der Waals surface area (Å²) in [6.45, 7) is 1.15. The van der Waals surface area contributed by atoms with E-state index in [0.717, 1.165) is 11.3 Å². The quantitative estimate of drug-likeness (QED) is 0.578. The number of carbonyl (C=O) groups excluding carboxylic acids is 1. The Bertz CT molecular complexity index is 296. The molecule has 0 aliphatic carbocycles. The molecule has 0 amide bonds. The molecule has 11 heavy (non-hydrogen) atoms. The molecule has 0 unspecified atom stereocenters. The third-order valence-electron chi connectivity index (χ3n) is 1.77. The Hall–Kier alpha value is -1.22. The zero-order chi connectivity index (χ0) is 7.68. The number of nitrogens with zero attached hydrogens (tertiary/aromatic N) is 1. The molecule has 0 aromatic carbocycles. The van der Waals surface area contributed by atoms with Gasteiger partial charge in [0.15, 0.2) is 5.78 Å². The maximum Gasteiger partial charge on any atom is 0.178 e. The van der Waals surface area contributed by atoms with Gasteiger partial charge in [-0.25, -0.2) is 0 Å². The van der Waals surface area contributed by atoms with Crippen molar-refractivity contribution in [3.8, 4) is 0 Å². The van der Waals surface area contributed by atoms with Gasteiger partial charge < -0.3 is 5.32 Å². The van der Waals surface area contributed by atoms with Gasteiger partial charge in [-0.05, 0) is 12.1 Å². The summed E-state index contributed by atoms with van der Waals surface area (Å²) in [5, 5.41) is 2.98. The number of pyridine rings is 1. The molecule has 56 valence electrons. The van der Waals surface area contributed by atoms with Crippen LogP contribution in [0.1, 0.15) is 16.1 Å². The van der Waals surface area contributed by atoms with Gasteiger partial charge in [-0.3, -0.25) is 9.78 Å². The lowest BCUT2D eigenvalue weighted by atomic mass is 10.1. The van der Waals surface area contributed by atoms with E-state index in [1.165, 1.54) is 0 Å². The maximum atomic E-state index is 11.2. The highest BCUT2D eigenvalue weighted by atomic mass is 16.1. The van der Waals surface area contributed by atoms with Gasteiger partial charge in [0.2, 0.25) is 0 Å². The van der Waals surface area contributed by atoms with E-state index in [0.29, 0.717) is 13.1 Å². The number of ketones is 1. The Morgan fingerprint density at radius 2 is 2.36 bits per heavy atom. The van der Waals surface area contributed by atoms with Crippen molar-refractivity contribution in [1.29, 1.82) is 0 Å². The Balaban J connectivity index is 2.52.